The first-order chi connectivity index (χ1) is 7.24. The van der Waals surface area contributed by atoms with Crippen LogP contribution in [-0.2, 0) is 17.9 Å². The second-order valence-electron chi connectivity index (χ2n) is 4.06. The predicted molar refractivity (Wildman–Crippen MR) is 60.1 cm³/mol. The largest absolute Gasteiger partial charge is 0.334 e. The predicted octanol–water partition coefficient (Wildman–Crippen LogP) is 1.97. The lowest BCUT2D eigenvalue weighted by molar-refractivity contribution is 0.0179. The molecule has 0 aliphatic rings. The molecule has 4 heteroatoms. The number of rotatable bonds is 7. The number of nitrogens with one attached hydrogen (secondary N) is 1. The lowest BCUT2D eigenvalue weighted by Gasteiger charge is -2.09. The van der Waals surface area contributed by atoms with Crippen LogP contribution < -0.4 is 5.48 Å². The monoisotopic (exact) mass is 211 g/mol. The van der Waals surface area contributed by atoms with E-state index in [4.69, 9.17) is 4.84 Å². The zero-order valence-electron chi connectivity index (χ0n) is 9.86. The highest BCUT2D eigenvalue weighted by atomic mass is 16.6. The Morgan fingerprint density at radius 2 is 2.33 bits per heavy atom. The van der Waals surface area contributed by atoms with Gasteiger partial charge in [0.25, 0.3) is 0 Å². The van der Waals surface area contributed by atoms with Crippen LogP contribution in [0.2, 0.25) is 0 Å². The minimum atomic E-state index is 0.549. The molecule has 0 unspecified atom stereocenters. The van der Waals surface area contributed by atoms with E-state index in [0.717, 1.165) is 25.4 Å². The smallest absolute Gasteiger partial charge is 0.125 e. The van der Waals surface area contributed by atoms with Crippen molar-refractivity contribution in [2.45, 2.75) is 40.3 Å². The van der Waals surface area contributed by atoms with Crippen molar-refractivity contribution >= 4 is 0 Å². The molecular weight excluding hydrogens is 190 g/mol. The third-order valence-corrected chi connectivity index (χ3v) is 2.02. The molecule has 0 fully saturated rings. The molecule has 1 aromatic heterocycles. The molecule has 1 rings (SSSR count). The summed E-state index contributed by atoms with van der Waals surface area (Å²) in [6, 6.07) is 0. The number of hydroxylamine groups is 1. The minimum Gasteiger partial charge on any atom is -0.334 e. The topological polar surface area (TPSA) is 39.1 Å². The third-order valence-electron chi connectivity index (χ3n) is 2.02. The summed E-state index contributed by atoms with van der Waals surface area (Å²) in [6.45, 7) is 8.82. The third kappa shape index (κ3) is 4.44. The first kappa shape index (κ1) is 12.2. The van der Waals surface area contributed by atoms with Crippen LogP contribution in [0.3, 0.4) is 0 Å². The van der Waals surface area contributed by atoms with Gasteiger partial charge in [-0.25, -0.2) is 4.98 Å². The highest BCUT2D eigenvalue weighted by Crippen LogP contribution is 1.99. The highest BCUT2D eigenvalue weighted by Gasteiger charge is 2.01. The maximum atomic E-state index is 5.30. The van der Waals surface area contributed by atoms with Crippen LogP contribution in [-0.4, -0.2) is 16.2 Å². The molecule has 0 aliphatic heterocycles. The van der Waals surface area contributed by atoms with Crippen molar-refractivity contribution in [3.8, 4) is 0 Å². The van der Waals surface area contributed by atoms with Crippen molar-refractivity contribution in [3.63, 3.8) is 0 Å². The fraction of sp³-hybridized carbons (Fsp3) is 0.727. The van der Waals surface area contributed by atoms with E-state index in [0.29, 0.717) is 12.5 Å². The molecule has 0 bridgehead atoms. The Morgan fingerprint density at radius 1 is 1.53 bits per heavy atom. The first-order valence-corrected chi connectivity index (χ1v) is 5.58. The average molecular weight is 211 g/mol. The molecule has 4 nitrogen and oxygen atoms in total. The minimum absolute atomic E-state index is 0.549. The number of aryl methyl sites for hydroxylation is 1. The molecule has 0 spiro atoms. The van der Waals surface area contributed by atoms with Gasteiger partial charge in [-0.15, -0.1) is 0 Å². The number of nitrogens with zero attached hydrogens (tertiary/aromatic N) is 2. The van der Waals surface area contributed by atoms with Gasteiger partial charge in [0.05, 0.1) is 13.2 Å². The van der Waals surface area contributed by atoms with Crippen molar-refractivity contribution in [2.24, 2.45) is 5.92 Å². The van der Waals surface area contributed by atoms with Crippen LogP contribution in [0.25, 0.3) is 0 Å². The number of hydrogen-bond acceptors (Lipinski definition) is 3. The summed E-state index contributed by atoms with van der Waals surface area (Å²) in [7, 11) is 0. The van der Waals surface area contributed by atoms with Gasteiger partial charge in [0.15, 0.2) is 0 Å². The maximum Gasteiger partial charge on any atom is 0.125 e. The Bertz CT molecular complexity index is 271. The van der Waals surface area contributed by atoms with E-state index < -0.39 is 0 Å². The lowest BCUT2D eigenvalue weighted by atomic mass is 10.2. The number of hydrogen-bond donors (Lipinski definition) is 1. The van der Waals surface area contributed by atoms with Crippen molar-refractivity contribution in [1.82, 2.24) is 15.0 Å². The summed E-state index contributed by atoms with van der Waals surface area (Å²) < 4.78 is 2.14. The lowest BCUT2D eigenvalue weighted by Crippen LogP contribution is -2.20. The van der Waals surface area contributed by atoms with Crippen molar-refractivity contribution < 1.29 is 4.84 Å². The quantitative estimate of drug-likeness (QED) is 0.553. The Morgan fingerprint density at radius 3 is 3.00 bits per heavy atom. The normalized spacial score (nSPS) is 11.2. The van der Waals surface area contributed by atoms with Gasteiger partial charge in [0.1, 0.15) is 5.82 Å². The Balaban J connectivity index is 2.27. The molecule has 0 amide bonds. The van der Waals surface area contributed by atoms with E-state index in [9.17, 15) is 0 Å². The SMILES string of the molecule is CCCn1ccnc1CNOCC(C)C. The fourth-order valence-corrected chi connectivity index (χ4v) is 1.29. The molecule has 1 aromatic rings. The van der Waals surface area contributed by atoms with Gasteiger partial charge in [-0.3, -0.25) is 0 Å². The zero-order valence-corrected chi connectivity index (χ0v) is 9.86. The molecule has 1 heterocycles. The molecule has 0 atom stereocenters. The standard InChI is InChI=1S/C11H21N3O/c1-4-6-14-7-5-12-11(14)8-13-15-9-10(2)3/h5,7,10,13H,4,6,8-9H2,1-3H3. The Labute approximate surface area is 91.6 Å². The summed E-state index contributed by atoms with van der Waals surface area (Å²) in [6.07, 6.45) is 4.95. The first-order valence-electron chi connectivity index (χ1n) is 5.58. The number of imidazole rings is 1. The molecule has 0 aromatic carbocycles. The van der Waals surface area contributed by atoms with Crippen LogP contribution in [0, 0.1) is 5.92 Å². The molecule has 86 valence electrons. The van der Waals surface area contributed by atoms with Crippen LogP contribution >= 0.6 is 0 Å². The Hall–Kier alpha value is -0.870. The molecule has 0 saturated carbocycles. The van der Waals surface area contributed by atoms with Gasteiger partial charge < -0.3 is 9.40 Å². The zero-order chi connectivity index (χ0) is 11.1. The van der Waals surface area contributed by atoms with Gasteiger partial charge >= 0.3 is 0 Å². The Kier molecular flexibility index (Phi) is 5.36. The fourth-order valence-electron chi connectivity index (χ4n) is 1.29. The van der Waals surface area contributed by atoms with Crippen LogP contribution in [0.5, 0.6) is 0 Å². The van der Waals surface area contributed by atoms with E-state index in [1.165, 1.54) is 0 Å². The van der Waals surface area contributed by atoms with Crippen molar-refractivity contribution in [2.75, 3.05) is 6.61 Å². The number of aromatic nitrogens is 2. The summed E-state index contributed by atoms with van der Waals surface area (Å²) >= 11 is 0. The van der Waals surface area contributed by atoms with E-state index in [2.05, 4.69) is 35.8 Å². The highest BCUT2D eigenvalue weighted by molar-refractivity contribution is 4.91. The second-order valence-corrected chi connectivity index (χ2v) is 4.06. The molecule has 15 heavy (non-hydrogen) atoms. The van der Waals surface area contributed by atoms with Gasteiger partial charge in [-0.1, -0.05) is 20.8 Å². The van der Waals surface area contributed by atoms with Gasteiger partial charge in [0.2, 0.25) is 0 Å². The van der Waals surface area contributed by atoms with Crippen LogP contribution in [0.15, 0.2) is 12.4 Å². The summed E-state index contributed by atoms with van der Waals surface area (Å²) in [5.74, 6) is 1.58. The van der Waals surface area contributed by atoms with Gasteiger partial charge in [-0.2, -0.15) is 5.48 Å². The molecule has 0 saturated heterocycles. The maximum absolute atomic E-state index is 5.30. The van der Waals surface area contributed by atoms with Gasteiger partial charge in [-0.05, 0) is 12.3 Å². The van der Waals surface area contributed by atoms with Crippen molar-refractivity contribution in [3.05, 3.63) is 18.2 Å². The molecule has 0 radical (unpaired) electrons. The van der Waals surface area contributed by atoms with Crippen LogP contribution in [0.1, 0.15) is 33.0 Å². The van der Waals surface area contributed by atoms with E-state index in [1.54, 1.807) is 0 Å². The summed E-state index contributed by atoms with van der Waals surface area (Å²) in [5, 5.41) is 0. The van der Waals surface area contributed by atoms with Crippen molar-refractivity contribution in [1.29, 1.82) is 0 Å². The van der Waals surface area contributed by atoms with E-state index in [-0.39, 0.29) is 0 Å². The second kappa shape index (κ2) is 6.58. The van der Waals surface area contributed by atoms with E-state index in [1.807, 2.05) is 12.4 Å². The summed E-state index contributed by atoms with van der Waals surface area (Å²) in [4.78, 5) is 9.57. The summed E-state index contributed by atoms with van der Waals surface area (Å²) in [5.41, 5.74) is 2.93. The molecule has 0 aliphatic carbocycles. The molecule has 1 N–H and O–H groups in total. The molecular formula is C11H21N3O. The van der Waals surface area contributed by atoms with Gasteiger partial charge in [0, 0.05) is 18.9 Å². The van der Waals surface area contributed by atoms with E-state index >= 15 is 0 Å². The van der Waals surface area contributed by atoms with Crippen LogP contribution in [0.4, 0.5) is 0 Å². The average Bonchev–Trinajstić information content (AvgIpc) is 2.61.